The van der Waals surface area contributed by atoms with Crippen LogP contribution in [0.1, 0.15) is 5.56 Å². The molecule has 0 spiro atoms. The third kappa shape index (κ3) is 4.21. The summed E-state index contributed by atoms with van der Waals surface area (Å²) in [5, 5.41) is 0. The van der Waals surface area contributed by atoms with Crippen molar-refractivity contribution < 1.29 is 13.6 Å². The van der Waals surface area contributed by atoms with Crippen LogP contribution in [0.25, 0.3) is 10.2 Å². The van der Waals surface area contributed by atoms with E-state index in [2.05, 4.69) is 10.9 Å². The number of thioether (sulfide) groups is 1. The van der Waals surface area contributed by atoms with Gasteiger partial charge in [0.2, 0.25) is 0 Å². The summed E-state index contributed by atoms with van der Waals surface area (Å²) in [6, 6.07) is 11.8. The molecule has 2 aromatic carbocycles. The number of aromatic nitrogens is 1. The number of hydrogen-bond donors (Lipinski definition) is 0. The van der Waals surface area contributed by atoms with Crippen LogP contribution in [0, 0.1) is 24.0 Å². The molecule has 0 aliphatic heterocycles. The Morgan fingerprint density at radius 1 is 1.27 bits per heavy atom. The number of amides is 1. The lowest BCUT2D eigenvalue weighted by atomic mass is 10.2. The molecule has 0 bridgehead atoms. The van der Waals surface area contributed by atoms with Crippen LogP contribution in [0.4, 0.5) is 8.78 Å². The van der Waals surface area contributed by atoms with Crippen molar-refractivity contribution in [2.24, 2.45) is 4.99 Å². The van der Waals surface area contributed by atoms with Crippen molar-refractivity contribution in [1.29, 1.82) is 0 Å². The van der Waals surface area contributed by atoms with E-state index in [-0.39, 0.29) is 28.5 Å². The first kappa shape index (κ1) is 18.4. The summed E-state index contributed by atoms with van der Waals surface area (Å²) in [4.78, 5) is 16.5. The largest absolute Gasteiger partial charge is 0.302 e. The zero-order chi connectivity index (χ0) is 18.5. The van der Waals surface area contributed by atoms with Crippen LogP contribution in [-0.2, 0) is 17.1 Å². The minimum Gasteiger partial charge on any atom is -0.302 e. The smallest absolute Gasteiger partial charge is 0.258 e. The zero-order valence-corrected chi connectivity index (χ0v) is 15.2. The normalized spacial score (nSPS) is 11.7. The molecule has 0 aliphatic carbocycles. The molecule has 0 unspecified atom stereocenters. The third-order valence-corrected chi connectivity index (χ3v) is 5.52. The van der Waals surface area contributed by atoms with Gasteiger partial charge >= 0.3 is 0 Å². The minimum absolute atomic E-state index is 0.0474. The SMILES string of the molecule is C#CCn1c(=NC(=O)CSCc2ccccc2)sc2cc(F)cc(F)c21. The molecular weight excluding hydrogens is 374 g/mol. The molecule has 132 valence electrons. The van der Waals surface area contributed by atoms with Gasteiger partial charge in [-0.25, -0.2) is 8.78 Å². The fourth-order valence-electron chi connectivity index (χ4n) is 2.42. The van der Waals surface area contributed by atoms with Gasteiger partial charge in [-0.2, -0.15) is 4.99 Å². The van der Waals surface area contributed by atoms with Gasteiger partial charge in [-0.3, -0.25) is 4.79 Å². The van der Waals surface area contributed by atoms with Crippen LogP contribution in [-0.4, -0.2) is 16.2 Å². The first-order valence-electron chi connectivity index (χ1n) is 7.69. The molecule has 1 aromatic heterocycles. The standard InChI is InChI=1S/C19H14F2N2OS2/c1-2-8-23-18-15(21)9-14(20)10-16(18)26-19(23)22-17(24)12-25-11-13-6-4-3-5-7-13/h1,3-7,9-10H,8,11-12H2. The van der Waals surface area contributed by atoms with Crippen LogP contribution in [0.15, 0.2) is 47.5 Å². The van der Waals surface area contributed by atoms with E-state index in [0.717, 1.165) is 23.0 Å². The van der Waals surface area contributed by atoms with E-state index in [0.29, 0.717) is 10.5 Å². The van der Waals surface area contributed by atoms with Crippen molar-refractivity contribution in [3.05, 3.63) is 64.5 Å². The zero-order valence-electron chi connectivity index (χ0n) is 13.6. The van der Waals surface area contributed by atoms with Crippen LogP contribution in [0.2, 0.25) is 0 Å². The highest BCUT2D eigenvalue weighted by molar-refractivity contribution is 7.99. The Kier molecular flexibility index (Phi) is 5.86. The van der Waals surface area contributed by atoms with Crippen molar-refractivity contribution in [2.45, 2.75) is 12.3 Å². The summed E-state index contributed by atoms with van der Waals surface area (Å²) in [6.07, 6.45) is 5.34. The average molecular weight is 388 g/mol. The van der Waals surface area contributed by atoms with Crippen LogP contribution in [0.5, 0.6) is 0 Å². The van der Waals surface area contributed by atoms with E-state index >= 15 is 0 Å². The molecule has 1 heterocycles. The number of thiazole rings is 1. The first-order valence-corrected chi connectivity index (χ1v) is 9.66. The average Bonchev–Trinajstić information content (AvgIpc) is 2.93. The summed E-state index contributed by atoms with van der Waals surface area (Å²) in [6.45, 7) is 0.0474. The summed E-state index contributed by atoms with van der Waals surface area (Å²) in [5.74, 6) is 1.55. The Bertz CT molecular complexity index is 1050. The van der Waals surface area contributed by atoms with Crippen molar-refractivity contribution in [3.8, 4) is 12.3 Å². The summed E-state index contributed by atoms with van der Waals surface area (Å²) < 4.78 is 29.3. The van der Waals surface area contributed by atoms with Gasteiger partial charge in [0.15, 0.2) is 10.6 Å². The van der Waals surface area contributed by atoms with Crippen LogP contribution < -0.4 is 4.80 Å². The number of fused-ring (bicyclic) bond motifs is 1. The molecule has 0 fully saturated rings. The molecule has 3 nitrogen and oxygen atoms in total. The monoisotopic (exact) mass is 388 g/mol. The van der Waals surface area contributed by atoms with E-state index in [9.17, 15) is 13.6 Å². The molecule has 0 atom stereocenters. The van der Waals surface area contributed by atoms with Gasteiger partial charge in [-0.1, -0.05) is 47.6 Å². The lowest BCUT2D eigenvalue weighted by Gasteiger charge is -2.01. The number of rotatable bonds is 5. The lowest BCUT2D eigenvalue weighted by Crippen LogP contribution is -2.17. The fraction of sp³-hybridized carbons (Fsp3) is 0.158. The number of terminal acetylenes is 1. The third-order valence-electron chi connectivity index (χ3n) is 3.50. The minimum atomic E-state index is -0.723. The van der Waals surface area contributed by atoms with Crippen molar-refractivity contribution in [3.63, 3.8) is 0 Å². The Balaban J connectivity index is 1.84. The van der Waals surface area contributed by atoms with Gasteiger partial charge in [0, 0.05) is 11.8 Å². The Hall–Kier alpha value is -2.43. The second-order valence-electron chi connectivity index (χ2n) is 5.39. The number of carbonyl (C=O) groups is 1. The van der Waals surface area contributed by atoms with Crippen LogP contribution in [0.3, 0.4) is 0 Å². The molecule has 0 aliphatic rings. The molecule has 3 rings (SSSR count). The van der Waals surface area contributed by atoms with E-state index in [1.54, 1.807) is 0 Å². The van der Waals surface area contributed by atoms with E-state index in [1.807, 2.05) is 30.3 Å². The van der Waals surface area contributed by atoms with E-state index in [4.69, 9.17) is 6.42 Å². The van der Waals surface area contributed by atoms with Crippen LogP contribution >= 0.6 is 23.1 Å². The highest BCUT2D eigenvalue weighted by atomic mass is 32.2. The Morgan fingerprint density at radius 2 is 2.04 bits per heavy atom. The predicted octanol–water partition coefficient (Wildman–Crippen LogP) is 3.97. The second kappa shape index (κ2) is 8.30. The molecular formula is C19H14F2N2OS2. The molecule has 7 heteroatoms. The molecule has 1 amide bonds. The Labute approximate surface area is 157 Å². The maximum atomic E-state index is 14.1. The summed E-state index contributed by atoms with van der Waals surface area (Å²) >= 11 is 2.48. The quantitative estimate of drug-likeness (QED) is 0.620. The first-order chi connectivity index (χ1) is 12.6. The Morgan fingerprint density at radius 3 is 2.77 bits per heavy atom. The van der Waals surface area contributed by atoms with Gasteiger partial charge in [-0.05, 0) is 11.6 Å². The number of benzene rings is 2. The van der Waals surface area contributed by atoms with Gasteiger partial charge < -0.3 is 4.57 Å². The number of nitrogens with zero attached hydrogens (tertiary/aromatic N) is 2. The molecule has 0 saturated carbocycles. The van der Waals surface area contributed by atoms with Crippen molar-refractivity contribution >= 4 is 39.2 Å². The number of halogens is 2. The molecule has 0 saturated heterocycles. The van der Waals surface area contributed by atoms with Gasteiger partial charge in [0.25, 0.3) is 5.91 Å². The topological polar surface area (TPSA) is 34.4 Å². The molecule has 0 radical (unpaired) electrons. The lowest BCUT2D eigenvalue weighted by molar-refractivity contribution is -0.115. The summed E-state index contributed by atoms with van der Waals surface area (Å²) in [5.41, 5.74) is 1.28. The highest BCUT2D eigenvalue weighted by Crippen LogP contribution is 2.22. The predicted molar refractivity (Wildman–Crippen MR) is 102 cm³/mol. The maximum Gasteiger partial charge on any atom is 0.258 e. The molecule has 0 N–H and O–H groups in total. The molecule has 3 aromatic rings. The number of carbonyl (C=O) groups excluding carboxylic acids is 1. The van der Waals surface area contributed by atoms with Gasteiger partial charge in [0.05, 0.1) is 22.5 Å². The highest BCUT2D eigenvalue weighted by Gasteiger charge is 2.13. The van der Waals surface area contributed by atoms with Gasteiger partial charge in [0.1, 0.15) is 5.82 Å². The van der Waals surface area contributed by atoms with E-state index < -0.39 is 11.6 Å². The van der Waals surface area contributed by atoms with Crippen molar-refractivity contribution in [1.82, 2.24) is 4.57 Å². The maximum absolute atomic E-state index is 14.1. The molecule has 26 heavy (non-hydrogen) atoms. The van der Waals surface area contributed by atoms with Gasteiger partial charge in [-0.15, -0.1) is 18.2 Å². The van der Waals surface area contributed by atoms with Crippen molar-refractivity contribution in [2.75, 3.05) is 5.75 Å². The number of hydrogen-bond acceptors (Lipinski definition) is 3. The fourth-order valence-corrected chi connectivity index (χ4v) is 4.28. The second-order valence-corrected chi connectivity index (χ2v) is 7.39. The van der Waals surface area contributed by atoms with E-state index in [1.165, 1.54) is 22.4 Å². The summed E-state index contributed by atoms with van der Waals surface area (Å²) in [7, 11) is 0.